The molecule has 0 saturated carbocycles. The van der Waals surface area contributed by atoms with Crippen molar-refractivity contribution in [3.05, 3.63) is 35.8 Å². The quantitative estimate of drug-likeness (QED) is 0.211. The molecule has 0 bridgehead atoms. The minimum Gasteiger partial charge on any atom is -0.381 e. The van der Waals surface area contributed by atoms with Crippen LogP contribution in [0.3, 0.4) is 0 Å². The Morgan fingerprint density at radius 1 is 1.19 bits per heavy atom. The highest BCUT2D eigenvalue weighted by Crippen LogP contribution is 2.19. The second kappa shape index (κ2) is 12.9. The van der Waals surface area contributed by atoms with Crippen LogP contribution in [-0.4, -0.2) is 44.3 Å². The van der Waals surface area contributed by atoms with Gasteiger partial charge >= 0.3 is 0 Å². The summed E-state index contributed by atoms with van der Waals surface area (Å²) >= 11 is 0. The van der Waals surface area contributed by atoms with E-state index in [9.17, 15) is 4.39 Å². The van der Waals surface area contributed by atoms with Gasteiger partial charge in [0.15, 0.2) is 5.96 Å². The number of hydrogen-bond acceptors (Lipinski definition) is 2. The molecule has 0 atom stereocenters. The lowest BCUT2D eigenvalue weighted by Gasteiger charge is -2.11. The third-order valence-corrected chi connectivity index (χ3v) is 4.04. The molecule has 0 aliphatic heterocycles. The summed E-state index contributed by atoms with van der Waals surface area (Å²) in [5.41, 5.74) is 2.00. The molecule has 0 aliphatic rings. The van der Waals surface area contributed by atoms with E-state index in [1.807, 2.05) is 12.3 Å². The lowest BCUT2D eigenvalue weighted by molar-refractivity contribution is 0.129. The standard InChI is InChI=1S/C19H29FN4O.HI/c1-3-4-11-25-12-5-9-22-19(21-2)23-10-8-15-14-24-18-13-16(20)6-7-17(15)18;/h6-7,13-14,24H,3-5,8-12H2,1-2H3,(H2,21,22,23);1H. The van der Waals surface area contributed by atoms with Gasteiger partial charge in [0.05, 0.1) is 0 Å². The fourth-order valence-corrected chi connectivity index (χ4v) is 2.63. The first kappa shape index (κ1) is 22.7. The number of hydrogen-bond donors (Lipinski definition) is 3. The molecule has 0 saturated heterocycles. The van der Waals surface area contributed by atoms with E-state index < -0.39 is 0 Å². The van der Waals surface area contributed by atoms with E-state index >= 15 is 0 Å². The average Bonchev–Trinajstić information content (AvgIpc) is 3.01. The van der Waals surface area contributed by atoms with Crippen molar-refractivity contribution in [2.75, 3.05) is 33.4 Å². The number of fused-ring (bicyclic) bond motifs is 1. The molecule has 146 valence electrons. The van der Waals surface area contributed by atoms with Crippen molar-refractivity contribution >= 4 is 40.8 Å². The zero-order valence-corrected chi connectivity index (χ0v) is 17.9. The van der Waals surface area contributed by atoms with Crippen LogP contribution in [0.25, 0.3) is 10.9 Å². The molecule has 0 unspecified atom stereocenters. The summed E-state index contributed by atoms with van der Waals surface area (Å²) in [6.45, 7) is 5.37. The van der Waals surface area contributed by atoms with E-state index in [1.54, 1.807) is 7.05 Å². The summed E-state index contributed by atoms with van der Waals surface area (Å²) in [6.07, 6.45) is 6.03. The van der Waals surface area contributed by atoms with Crippen molar-refractivity contribution in [3.63, 3.8) is 0 Å². The first-order valence-corrected chi connectivity index (χ1v) is 9.02. The highest BCUT2D eigenvalue weighted by molar-refractivity contribution is 14.0. The van der Waals surface area contributed by atoms with Crippen molar-refractivity contribution in [2.45, 2.75) is 32.6 Å². The summed E-state index contributed by atoms with van der Waals surface area (Å²) in [4.78, 5) is 7.34. The van der Waals surface area contributed by atoms with Gasteiger partial charge in [0, 0.05) is 50.5 Å². The van der Waals surface area contributed by atoms with Crippen LogP contribution in [0.15, 0.2) is 29.4 Å². The molecule has 7 heteroatoms. The third-order valence-electron chi connectivity index (χ3n) is 4.04. The molecular weight excluding hydrogens is 446 g/mol. The summed E-state index contributed by atoms with van der Waals surface area (Å²) in [5, 5.41) is 7.66. The Kier molecular flexibility index (Phi) is 11.3. The predicted octanol–water partition coefficient (Wildman–Crippen LogP) is 3.84. The number of benzene rings is 1. The van der Waals surface area contributed by atoms with Crippen LogP contribution in [0.4, 0.5) is 4.39 Å². The minimum absolute atomic E-state index is 0. The number of nitrogens with one attached hydrogen (secondary N) is 3. The molecule has 26 heavy (non-hydrogen) atoms. The van der Waals surface area contributed by atoms with Gasteiger partial charge in [0.2, 0.25) is 0 Å². The van der Waals surface area contributed by atoms with Gasteiger partial charge in [-0.2, -0.15) is 0 Å². The summed E-state index contributed by atoms with van der Waals surface area (Å²) < 4.78 is 18.8. The average molecular weight is 476 g/mol. The highest BCUT2D eigenvalue weighted by Gasteiger charge is 2.05. The number of aliphatic imine (C=N–C) groups is 1. The summed E-state index contributed by atoms with van der Waals surface area (Å²) in [7, 11) is 1.77. The smallest absolute Gasteiger partial charge is 0.190 e. The van der Waals surface area contributed by atoms with Crippen LogP contribution in [0.2, 0.25) is 0 Å². The molecule has 0 amide bonds. The Bertz CT molecular complexity index is 675. The molecule has 0 aliphatic carbocycles. The lowest BCUT2D eigenvalue weighted by Crippen LogP contribution is -2.39. The van der Waals surface area contributed by atoms with Crippen molar-refractivity contribution in [2.24, 2.45) is 4.99 Å². The fraction of sp³-hybridized carbons (Fsp3) is 0.526. The monoisotopic (exact) mass is 476 g/mol. The number of aromatic nitrogens is 1. The van der Waals surface area contributed by atoms with Crippen LogP contribution in [0, 0.1) is 5.82 Å². The molecule has 0 fully saturated rings. The molecule has 1 aromatic heterocycles. The van der Waals surface area contributed by atoms with Gasteiger partial charge in [-0.05, 0) is 43.0 Å². The summed E-state index contributed by atoms with van der Waals surface area (Å²) in [6, 6.07) is 4.84. The molecule has 2 rings (SSSR count). The normalized spacial score (nSPS) is 11.4. The zero-order valence-electron chi connectivity index (χ0n) is 15.6. The van der Waals surface area contributed by atoms with Gasteiger partial charge in [-0.1, -0.05) is 13.3 Å². The maximum atomic E-state index is 13.2. The highest BCUT2D eigenvalue weighted by atomic mass is 127. The number of H-pyrrole nitrogens is 1. The van der Waals surface area contributed by atoms with Crippen molar-refractivity contribution < 1.29 is 9.13 Å². The molecule has 0 radical (unpaired) electrons. The Hall–Kier alpha value is -1.35. The van der Waals surface area contributed by atoms with E-state index in [4.69, 9.17) is 4.74 Å². The van der Waals surface area contributed by atoms with E-state index in [0.717, 1.165) is 62.4 Å². The number of nitrogens with zero attached hydrogens (tertiary/aromatic N) is 1. The Labute approximate surface area is 172 Å². The number of rotatable bonds is 10. The van der Waals surface area contributed by atoms with Crippen molar-refractivity contribution in [1.29, 1.82) is 0 Å². The van der Waals surface area contributed by atoms with Crippen LogP contribution < -0.4 is 10.6 Å². The van der Waals surface area contributed by atoms with Gasteiger partial charge in [0.25, 0.3) is 0 Å². The topological polar surface area (TPSA) is 61.4 Å². The van der Waals surface area contributed by atoms with E-state index in [1.165, 1.54) is 24.1 Å². The second-order valence-electron chi connectivity index (χ2n) is 6.00. The molecule has 1 heterocycles. The zero-order chi connectivity index (χ0) is 17.9. The van der Waals surface area contributed by atoms with Crippen molar-refractivity contribution in [1.82, 2.24) is 15.6 Å². The minimum atomic E-state index is -0.220. The van der Waals surface area contributed by atoms with Crippen LogP contribution in [-0.2, 0) is 11.2 Å². The first-order chi connectivity index (χ1) is 12.2. The van der Waals surface area contributed by atoms with E-state index in [2.05, 4.69) is 27.5 Å². The maximum absolute atomic E-state index is 13.2. The number of unbranched alkanes of at least 4 members (excludes halogenated alkanes) is 1. The first-order valence-electron chi connectivity index (χ1n) is 9.02. The van der Waals surface area contributed by atoms with Gasteiger partial charge < -0.3 is 20.4 Å². The van der Waals surface area contributed by atoms with Crippen LogP contribution in [0.1, 0.15) is 31.7 Å². The number of ether oxygens (including phenoxy) is 1. The Balaban J connectivity index is 0.00000338. The molecule has 2 aromatic rings. The van der Waals surface area contributed by atoms with E-state index in [-0.39, 0.29) is 29.8 Å². The van der Waals surface area contributed by atoms with Crippen LogP contribution in [0.5, 0.6) is 0 Å². The lowest BCUT2D eigenvalue weighted by atomic mass is 10.1. The summed E-state index contributed by atoms with van der Waals surface area (Å²) in [5.74, 6) is 0.571. The van der Waals surface area contributed by atoms with Gasteiger partial charge in [-0.3, -0.25) is 4.99 Å². The molecule has 1 aromatic carbocycles. The predicted molar refractivity (Wildman–Crippen MR) is 117 cm³/mol. The Morgan fingerprint density at radius 2 is 1.96 bits per heavy atom. The van der Waals surface area contributed by atoms with Gasteiger partial charge in [-0.15, -0.1) is 24.0 Å². The number of guanidine groups is 1. The molecular formula is C19H30FIN4O. The van der Waals surface area contributed by atoms with Crippen LogP contribution >= 0.6 is 24.0 Å². The van der Waals surface area contributed by atoms with Gasteiger partial charge in [0.1, 0.15) is 5.82 Å². The Morgan fingerprint density at radius 3 is 2.73 bits per heavy atom. The molecule has 3 N–H and O–H groups in total. The number of halogens is 2. The third kappa shape index (κ3) is 7.49. The van der Waals surface area contributed by atoms with Gasteiger partial charge in [-0.25, -0.2) is 4.39 Å². The largest absolute Gasteiger partial charge is 0.381 e. The second-order valence-corrected chi connectivity index (χ2v) is 6.00. The molecule has 5 nitrogen and oxygen atoms in total. The molecule has 0 spiro atoms. The SMILES string of the molecule is CCCCOCCCNC(=NC)NCCc1c[nH]c2cc(F)ccc12.I. The fourth-order valence-electron chi connectivity index (χ4n) is 2.63. The van der Waals surface area contributed by atoms with Crippen molar-refractivity contribution in [3.8, 4) is 0 Å². The number of aromatic amines is 1. The van der Waals surface area contributed by atoms with E-state index in [0.29, 0.717) is 0 Å². The maximum Gasteiger partial charge on any atom is 0.190 e.